The molecule has 1 N–H and O–H groups in total. The molecule has 0 heterocycles. The standard InChI is InChI=1S/C19H33NO/c1-5-7-9-17(6-2)14-21-15-19-11-8-10-18(12-19)13-20-16(3)4/h8,10-12,16-17,20H,5-7,9,13-15H2,1-4H3. The third-order valence-electron chi connectivity index (χ3n) is 3.87. The predicted molar refractivity (Wildman–Crippen MR) is 91.4 cm³/mol. The largest absolute Gasteiger partial charge is 0.376 e. The van der Waals surface area contributed by atoms with Crippen molar-refractivity contribution in [1.29, 1.82) is 0 Å². The SMILES string of the molecule is CCCCC(CC)COCc1cccc(CNC(C)C)c1. The quantitative estimate of drug-likeness (QED) is 0.625. The summed E-state index contributed by atoms with van der Waals surface area (Å²) in [7, 11) is 0. The lowest BCUT2D eigenvalue weighted by atomic mass is 10.0. The molecule has 0 saturated carbocycles. The molecule has 0 radical (unpaired) electrons. The molecule has 0 aromatic heterocycles. The van der Waals surface area contributed by atoms with Gasteiger partial charge in [-0.3, -0.25) is 0 Å². The third kappa shape index (κ3) is 8.23. The van der Waals surface area contributed by atoms with Crippen molar-refractivity contribution >= 4 is 0 Å². The fourth-order valence-electron chi connectivity index (χ4n) is 2.39. The Morgan fingerprint density at radius 1 is 1.14 bits per heavy atom. The second kappa shape index (κ2) is 10.8. The van der Waals surface area contributed by atoms with Crippen LogP contribution in [0.2, 0.25) is 0 Å². The van der Waals surface area contributed by atoms with Crippen molar-refractivity contribution in [2.45, 2.75) is 72.6 Å². The van der Waals surface area contributed by atoms with Gasteiger partial charge in [0.15, 0.2) is 0 Å². The minimum absolute atomic E-state index is 0.522. The first kappa shape index (κ1) is 18.2. The van der Waals surface area contributed by atoms with E-state index in [2.05, 4.69) is 57.3 Å². The van der Waals surface area contributed by atoms with Gasteiger partial charge < -0.3 is 10.1 Å². The van der Waals surface area contributed by atoms with Crippen LogP contribution in [0.25, 0.3) is 0 Å². The number of ether oxygens (including phenoxy) is 1. The maximum Gasteiger partial charge on any atom is 0.0717 e. The molecule has 0 spiro atoms. The zero-order valence-electron chi connectivity index (χ0n) is 14.3. The monoisotopic (exact) mass is 291 g/mol. The molecular weight excluding hydrogens is 258 g/mol. The van der Waals surface area contributed by atoms with Gasteiger partial charge >= 0.3 is 0 Å². The van der Waals surface area contributed by atoms with E-state index in [1.54, 1.807) is 0 Å². The Morgan fingerprint density at radius 2 is 1.90 bits per heavy atom. The van der Waals surface area contributed by atoms with Crippen LogP contribution in [0.1, 0.15) is 64.5 Å². The summed E-state index contributed by atoms with van der Waals surface area (Å²) in [6, 6.07) is 9.24. The highest BCUT2D eigenvalue weighted by atomic mass is 16.5. The molecule has 1 rings (SSSR count). The van der Waals surface area contributed by atoms with E-state index in [1.165, 1.54) is 36.8 Å². The summed E-state index contributed by atoms with van der Waals surface area (Å²) in [5.74, 6) is 0.718. The predicted octanol–water partition coefficient (Wildman–Crippen LogP) is 4.92. The van der Waals surface area contributed by atoms with Crippen molar-refractivity contribution in [3.05, 3.63) is 35.4 Å². The van der Waals surface area contributed by atoms with Gasteiger partial charge in [0, 0.05) is 19.2 Å². The summed E-state index contributed by atoms with van der Waals surface area (Å²) in [6.07, 6.45) is 5.11. The Bertz CT molecular complexity index is 376. The van der Waals surface area contributed by atoms with Crippen LogP contribution in [-0.2, 0) is 17.9 Å². The lowest BCUT2D eigenvalue weighted by Crippen LogP contribution is -2.21. The summed E-state index contributed by atoms with van der Waals surface area (Å²) in [6.45, 7) is 11.4. The van der Waals surface area contributed by atoms with Gasteiger partial charge in [0.05, 0.1) is 6.61 Å². The second-order valence-electron chi connectivity index (χ2n) is 6.29. The molecule has 21 heavy (non-hydrogen) atoms. The fraction of sp³-hybridized carbons (Fsp3) is 0.684. The lowest BCUT2D eigenvalue weighted by Gasteiger charge is -2.15. The van der Waals surface area contributed by atoms with Crippen molar-refractivity contribution < 1.29 is 4.74 Å². The fourth-order valence-corrected chi connectivity index (χ4v) is 2.39. The molecule has 2 nitrogen and oxygen atoms in total. The van der Waals surface area contributed by atoms with E-state index >= 15 is 0 Å². The number of hydrogen-bond acceptors (Lipinski definition) is 2. The van der Waals surface area contributed by atoms with Gasteiger partial charge in [-0.25, -0.2) is 0 Å². The van der Waals surface area contributed by atoms with Gasteiger partial charge in [-0.15, -0.1) is 0 Å². The number of rotatable bonds is 11. The van der Waals surface area contributed by atoms with E-state index in [-0.39, 0.29) is 0 Å². The third-order valence-corrected chi connectivity index (χ3v) is 3.87. The molecule has 0 aliphatic rings. The summed E-state index contributed by atoms with van der Waals surface area (Å²) in [4.78, 5) is 0. The molecule has 1 aromatic carbocycles. The Hall–Kier alpha value is -0.860. The van der Waals surface area contributed by atoms with E-state index in [1.807, 2.05) is 0 Å². The number of hydrogen-bond donors (Lipinski definition) is 1. The van der Waals surface area contributed by atoms with Crippen molar-refractivity contribution in [2.75, 3.05) is 6.61 Å². The van der Waals surface area contributed by atoms with E-state index in [0.29, 0.717) is 6.04 Å². The maximum absolute atomic E-state index is 5.93. The van der Waals surface area contributed by atoms with Crippen molar-refractivity contribution in [3.8, 4) is 0 Å². The molecular formula is C19H33NO. The van der Waals surface area contributed by atoms with Gasteiger partial charge in [-0.05, 0) is 23.5 Å². The average Bonchev–Trinajstić information content (AvgIpc) is 2.49. The molecule has 0 saturated heterocycles. The number of unbranched alkanes of at least 4 members (excludes halogenated alkanes) is 1. The van der Waals surface area contributed by atoms with Crippen LogP contribution in [0.5, 0.6) is 0 Å². The highest BCUT2D eigenvalue weighted by molar-refractivity contribution is 5.22. The number of benzene rings is 1. The van der Waals surface area contributed by atoms with Crippen molar-refractivity contribution in [2.24, 2.45) is 5.92 Å². The Morgan fingerprint density at radius 3 is 2.57 bits per heavy atom. The van der Waals surface area contributed by atoms with E-state index in [4.69, 9.17) is 4.74 Å². The van der Waals surface area contributed by atoms with Crippen LogP contribution in [-0.4, -0.2) is 12.6 Å². The normalized spacial score (nSPS) is 12.8. The van der Waals surface area contributed by atoms with Gasteiger partial charge in [-0.1, -0.05) is 71.2 Å². The van der Waals surface area contributed by atoms with Crippen LogP contribution >= 0.6 is 0 Å². The maximum atomic E-state index is 5.93. The molecule has 2 heteroatoms. The first-order valence-electron chi connectivity index (χ1n) is 8.54. The van der Waals surface area contributed by atoms with Crippen LogP contribution in [0.4, 0.5) is 0 Å². The topological polar surface area (TPSA) is 21.3 Å². The second-order valence-corrected chi connectivity index (χ2v) is 6.29. The zero-order chi connectivity index (χ0) is 15.5. The summed E-state index contributed by atoms with van der Waals surface area (Å²) >= 11 is 0. The van der Waals surface area contributed by atoms with E-state index < -0.39 is 0 Å². The van der Waals surface area contributed by atoms with Gasteiger partial charge in [0.25, 0.3) is 0 Å². The Balaban J connectivity index is 2.35. The summed E-state index contributed by atoms with van der Waals surface area (Å²) in [5.41, 5.74) is 2.62. The molecule has 120 valence electrons. The Labute approximate surface area is 131 Å². The van der Waals surface area contributed by atoms with Crippen LogP contribution in [0.3, 0.4) is 0 Å². The molecule has 0 aliphatic heterocycles. The van der Waals surface area contributed by atoms with Gasteiger partial charge in [0.2, 0.25) is 0 Å². The molecule has 0 bridgehead atoms. The first-order valence-corrected chi connectivity index (χ1v) is 8.54. The summed E-state index contributed by atoms with van der Waals surface area (Å²) in [5, 5.41) is 3.45. The minimum atomic E-state index is 0.522. The first-order chi connectivity index (χ1) is 10.2. The van der Waals surface area contributed by atoms with E-state index in [0.717, 1.165) is 25.7 Å². The van der Waals surface area contributed by atoms with Crippen LogP contribution in [0, 0.1) is 5.92 Å². The molecule has 0 amide bonds. The van der Waals surface area contributed by atoms with Crippen LogP contribution < -0.4 is 5.32 Å². The zero-order valence-corrected chi connectivity index (χ0v) is 14.3. The smallest absolute Gasteiger partial charge is 0.0717 e. The van der Waals surface area contributed by atoms with Crippen molar-refractivity contribution in [1.82, 2.24) is 5.32 Å². The minimum Gasteiger partial charge on any atom is -0.376 e. The highest BCUT2D eigenvalue weighted by Gasteiger charge is 2.06. The lowest BCUT2D eigenvalue weighted by molar-refractivity contribution is 0.0819. The molecule has 0 fully saturated rings. The van der Waals surface area contributed by atoms with Gasteiger partial charge in [-0.2, -0.15) is 0 Å². The highest BCUT2D eigenvalue weighted by Crippen LogP contribution is 2.14. The van der Waals surface area contributed by atoms with E-state index in [9.17, 15) is 0 Å². The molecule has 1 unspecified atom stereocenters. The molecule has 1 atom stereocenters. The average molecular weight is 291 g/mol. The van der Waals surface area contributed by atoms with Crippen LogP contribution in [0.15, 0.2) is 24.3 Å². The Kier molecular flexibility index (Phi) is 9.36. The van der Waals surface area contributed by atoms with Gasteiger partial charge in [0.1, 0.15) is 0 Å². The summed E-state index contributed by atoms with van der Waals surface area (Å²) < 4.78 is 5.93. The number of nitrogens with one attached hydrogen (secondary N) is 1. The molecule has 1 aromatic rings. The molecule has 0 aliphatic carbocycles. The van der Waals surface area contributed by atoms with Crippen molar-refractivity contribution in [3.63, 3.8) is 0 Å².